The molecule has 0 bridgehead atoms. The molecule has 129 heavy (non-hydrogen) atoms. The number of carbonyl (C=O) groups excluding carboxylic acids is 13. The second-order valence-corrected chi connectivity index (χ2v) is 34.1. The molecule has 24 N–H and O–H groups in total. The number of aliphatic carboxylic acids is 6. The predicted octanol–water partition coefficient (Wildman–Crippen LogP) is -1.96. The number of hydrogen-bond donors (Lipinski definition) is 22. The van der Waals surface area contributed by atoms with Gasteiger partial charge in [-0.15, -0.1) is 11.8 Å². The first kappa shape index (κ1) is 102. The van der Waals surface area contributed by atoms with Crippen LogP contribution < -0.4 is 64.2 Å². The number of nitrogens with one attached hydrogen (secondary N) is 9. The maximum atomic E-state index is 14.3. The number of methoxy groups -OCH3 is 1. The Morgan fingerprint density at radius 2 is 1.15 bits per heavy atom. The largest absolute Gasteiger partial charge is 0.507 e. The number of carboxylic acids is 6. The van der Waals surface area contributed by atoms with E-state index in [1.807, 2.05) is 5.32 Å². The van der Waals surface area contributed by atoms with Crippen molar-refractivity contribution in [3.8, 4) is 17.2 Å². The molecule has 8 rings (SSSR count). The summed E-state index contributed by atoms with van der Waals surface area (Å²) in [6.45, 7) is 0.850. The minimum atomic E-state index is -2.33. The molecule has 4 aliphatic carbocycles. The van der Waals surface area contributed by atoms with Crippen molar-refractivity contribution in [1.82, 2.24) is 52.9 Å². The predicted molar refractivity (Wildman–Crippen MR) is 443 cm³/mol. The quantitative estimate of drug-likeness (QED) is 0.00959. The lowest BCUT2D eigenvalue weighted by Crippen LogP contribution is -2.58. The van der Waals surface area contributed by atoms with Gasteiger partial charge in [-0.1, -0.05) is 18.6 Å². The number of phenolic OH excluding ortho intramolecular Hbond substituents is 2. The topological polar surface area (TPSA) is 750 Å². The number of ketones is 2. The van der Waals surface area contributed by atoms with Crippen LogP contribution in [0.2, 0.25) is 0 Å². The van der Waals surface area contributed by atoms with Crippen LogP contribution in [0.25, 0.3) is 0 Å². The molecule has 2 aliphatic heterocycles. The van der Waals surface area contributed by atoms with Crippen molar-refractivity contribution in [3.63, 3.8) is 0 Å². The van der Waals surface area contributed by atoms with Gasteiger partial charge in [0.2, 0.25) is 64.9 Å². The molecule has 13 atom stereocenters. The molecule has 0 radical (unpaired) electrons. The number of rotatable bonds is 48. The van der Waals surface area contributed by atoms with Crippen LogP contribution in [0.5, 0.6) is 17.2 Å². The normalized spacial score (nSPS) is 23.3. The molecule has 2 heterocycles. The fraction of sp³-hybridized carbons (Fsp3) is 0.610. The number of imide groups is 1. The van der Waals surface area contributed by atoms with Crippen LogP contribution in [0.15, 0.2) is 23.3 Å². The molecule has 12 amide bonds. The van der Waals surface area contributed by atoms with Gasteiger partial charge in [-0.05, 0) is 121 Å². The Hall–Kier alpha value is -12.0. The number of unbranched alkanes of at least 4 members (excludes halogenated alkanes) is 2. The highest BCUT2D eigenvalue weighted by molar-refractivity contribution is 8.00. The average Bonchev–Trinajstić information content (AvgIpc) is 0.915. The Morgan fingerprint density at radius 1 is 0.620 bits per heavy atom. The molecular weight excluding hydrogens is 1730 g/mol. The van der Waals surface area contributed by atoms with E-state index < -0.39 is 295 Å². The fourth-order valence-corrected chi connectivity index (χ4v) is 17.6. The van der Waals surface area contributed by atoms with E-state index in [2.05, 4.69) is 47.7 Å². The first-order valence-corrected chi connectivity index (χ1v) is 43.3. The Bertz CT molecular complexity index is 4600. The lowest BCUT2D eigenvalue weighted by atomic mass is 9.71. The first-order valence-electron chi connectivity index (χ1n) is 42.2. The number of phenols is 2. The maximum absolute atomic E-state index is 14.3. The summed E-state index contributed by atoms with van der Waals surface area (Å²) in [6, 6.07) is -8.06. The lowest BCUT2D eigenvalue weighted by Gasteiger charge is -2.43. The third kappa shape index (κ3) is 28.2. The molecule has 2 saturated heterocycles. The van der Waals surface area contributed by atoms with Gasteiger partial charge in [-0.3, -0.25) is 81.6 Å². The van der Waals surface area contributed by atoms with Crippen LogP contribution in [-0.2, 0) is 92.6 Å². The van der Waals surface area contributed by atoms with E-state index in [1.165, 1.54) is 32.2 Å². The SMILES string of the molecule is COc1cccc2c1C(=O)c1c(O)c3c(c(O)c1C2=O)CC(O)(/C(CO)=N/NC(=O)C1CCC(CN2C(=O)CC(SCC(NC(=O)C(CCC(=O)O)NC(=O)C(CCC(=O)O)NC(=O)C(CCC(=O)O)NC(=O)CCCCCNC(=O)C4CCC(CNC(=O)CCC(NC(=O)NC(CCC(=O)O)C(=O)O)C(=O)O)CC4)C(N)=O)C2=O)CC1)CC3OC1CC(N)C(O)C(C)O1. The third-order valence-corrected chi connectivity index (χ3v) is 25.0. The number of nitrogens with two attached hydrogens (primary N) is 2. The van der Waals surface area contributed by atoms with Gasteiger partial charge in [0.05, 0.1) is 59.7 Å². The van der Waals surface area contributed by atoms with Crippen molar-refractivity contribution in [2.75, 3.05) is 39.1 Å². The Kier molecular flexibility index (Phi) is 37.5. The highest BCUT2D eigenvalue weighted by atomic mass is 32.2. The standard InChI is InChI=1S/C82H111N13O33S/c1-37-67(108)44(83)29-62(127-37)128-52-32-82(125,31-43-64(52)71(112)66-65(69(43)110)68(109)42-7-6-8-51(126-2)63(42)70(66)111)54(35-96)93-94-74(115)41-16-12-39(13-17-41)34-95-57(99)30-53(78(95)119)129-36-50(72(84)113)90-77(118)47(21-26-60(104)105)89-76(117)46(20-25-59(102)103)88-75(116)45(19-24-58(100)101)87-56(98)9-4-3-5-28-85-73(114)40-14-10-38(11-15-40)33-86-55(97)23-18-48(79(120)121)91-81(124)92-49(80(122)123)22-27-61(106)107/h6-8,37-41,44-50,52-53,62,67,96,108,110,112,125H,3-5,9-36,83H2,1-2H3,(H2,84,113)(H,85,114)(H,86,97)(H,87,98)(H,88,116)(H,89,117)(H,90,118)(H,94,115)(H,100,101)(H,102,103)(H,104,105)(H,106,107)(H,120,121)(H,122,123)(H2,91,92,124)/b93-54+. The Labute approximate surface area is 741 Å². The van der Waals surface area contributed by atoms with Crippen LogP contribution >= 0.6 is 11.8 Å². The molecule has 6 aliphatic rings. The zero-order valence-corrected chi connectivity index (χ0v) is 71.6. The van der Waals surface area contributed by atoms with Crippen molar-refractivity contribution in [2.45, 2.75) is 252 Å². The van der Waals surface area contributed by atoms with Crippen LogP contribution in [0, 0.1) is 23.7 Å². The van der Waals surface area contributed by atoms with Crippen molar-refractivity contribution < 1.29 is 161 Å². The van der Waals surface area contributed by atoms with Crippen LogP contribution in [0.1, 0.15) is 217 Å². The molecule has 708 valence electrons. The van der Waals surface area contributed by atoms with E-state index in [9.17, 15) is 142 Å². The maximum Gasteiger partial charge on any atom is 0.326 e. The molecule has 0 aromatic heterocycles. The van der Waals surface area contributed by atoms with Gasteiger partial charge in [0.1, 0.15) is 59.1 Å². The Balaban J connectivity index is 0.783. The number of carbonyl (C=O) groups is 19. The molecule has 13 unspecified atom stereocenters. The molecule has 46 nitrogen and oxygen atoms in total. The Morgan fingerprint density at radius 3 is 1.68 bits per heavy atom. The van der Waals surface area contributed by atoms with E-state index in [0.717, 1.165) is 16.7 Å². The first-order chi connectivity index (χ1) is 61.0. The summed E-state index contributed by atoms with van der Waals surface area (Å²) >= 11 is 0.761. The number of amides is 12. The number of thioether (sulfide) groups is 1. The van der Waals surface area contributed by atoms with Gasteiger partial charge >= 0.3 is 41.8 Å². The number of fused-ring (bicyclic) bond motifs is 3. The zero-order valence-electron chi connectivity index (χ0n) is 70.7. The highest BCUT2D eigenvalue weighted by Gasteiger charge is 2.51. The number of ether oxygens (including phenoxy) is 3. The highest BCUT2D eigenvalue weighted by Crippen LogP contribution is 2.53. The third-order valence-electron chi connectivity index (χ3n) is 23.7. The van der Waals surface area contributed by atoms with E-state index in [0.29, 0.717) is 38.5 Å². The number of nitrogens with zero attached hydrogens (tertiary/aromatic N) is 2. The zero-order chi connectivity index (χ0) is 95.0. The smallest absolute Gasteiger partial charge is 0.326 e. The van der Waals surface area contributed by atoms with E-state index in [-0.39, 0.29) is 136 Å². The number of aliphatic hydroxyl groups excluding tert-OH is 2. The molecule has 0 spiro atoms. The summed E-state index contributed by atoms with van der Waals surface area (Å²) in [5.41, 5.74) is 9.52. The molecule has 47 heteroatoms. The lowest BCUT2D eigenvalue weighted by molar-refractivity contribution is -0.245. The fourth-order valence-electron chi connectivity index (χ4n) is 16.4. The minimum absolute atomic E-state index is 0.00471. The van der Waals surface area contributed by atoms with Gasteiger partial charge in [-0.25, -0.2) is 19.8 Å². The number of benzene rings is 2. The van der Waals surface area contributed by atoms with Gasteiger partial charge < -0.3 is 124 Å². The van der Waals surface area contributed by atoms with Gasteiger partial charge in [0.15, 0.2) is 12.1 Å². The molecule has 2 aromatic carbocycles. The summed E-state index contributed by atoms with van der Waals surface area (Å²) in [5, 5.41) is 137. The summed E-state index contributed by atoms with van der Waals surface area (Å²) < 4.78 is 17.6. The van der Waals surface area contributed by atoms with Crippen LogP contribution in [0.3, 0.4) is 0 Å². The van der Waals surface area contributed by atoms with Crippen LogP contribution in [0.4, 0.5) is 4.79 Å². The molecular formula is C82H111N13O33S. The molecule has 2 saturated carbocycles. The minimum Gasteiger partial charge on any atom is -0.507 e. The van der Waals surface area contributed by atoms with E-state index in [1.54, 1.807) is 0 Å². The van der Waals surface area contributed by atoms with Crippen LogP contribution in [-0.4, -0.2) is 290 Å². The summed E-state index contributed by atoms with van der Waals surface area (Å²) in [4.78, 5) is 247. The summed E-state index contributed by atoms with van der Waals surface area (Å²) in [5.74, 6) is -22.2. The number of urea groups is 1. The monoisotopic (exact) mass is 1840 g/mol. The second kappa shape index (κ2) is 47.3. The molecule has 4 fully saturated rings. The summed E-state index contributed by atoms with van der Waals surface area (Å²) in [6.07, 6.45) is -8.60. The number of carboxylic acid groups (broad SMARTS) is 6. The second-order valence-electron chi connectivity index (χ2n) is 32.9. The number of hydrogen-bond acceptors (Lipinski definition) is 30. The summed E-state index contributed by atoms with van der Waals surface area (Å²) in [7, 11) is 1.27. The number of likely N-dealkylation sites (tertiary alicyclic amines) is 1. The van der Waals surface area contributed by atoms with Gasteiger partial charge in [0.25, 0.3) is 0 Å². The van der Waals surface area contributed by atoms with Gasteiger partial charge in [-0.2, -0.15) is 5.10 Å². The van der Waals surface area contributed by atoms with Crippen molar-refractivity contribution in [3.05, 3.63) is 51.6 Å². The van der Waals surface area contributed by atoms with E-state index >= 15 is 0 Å². The van der Waals surface area contributed by atoms with Crippen molar-refractivity contribution in [2.24, 2.45) is 40.2 Å². The van der Waals surface area contributed by atoms with Crippen molar-refractivity contribution >= 4 is 130 Å². The number of primary amides is 1. The molecule has 2 aromatic rings. The number of hydrazone groups is 1. The number of aromatic hydroxyl groups is 2. The number of aliphatic hydroxyl groups is 3. The average molecular weight is 1840 g/mol. The van der Waals surface area contributed by atoms with E-state index in [4.69, 9.17) is 30.8 Å². The van der Waals surface area contributed by atoms with Gasteiger partial charge in [0, 0.05) is 124 Å². The van der Waals surface area contributed by atoms with Crippen molar-refractivity contribution in [1.29, 1.82) is 0 Å².